The third-order valence-electron chi connectivity index (χ3n) is 3.05. The molecule has 0 aromatic heterocycles. The van der Waals surface area contributed by atoms with Crippen LogP contribution in [0, 0.1) is 0 Å². The molecule has 1 aromatic carbocycles. The molecule has 80 valence electrons. The van der Waals surface area contributed by atoms with Crippen LogP contribution in [0.2, 0.25) is 0 Å². The van der Waals surface area contributed by atoms with Crippen molar-refractivity contribution in [2.75, 3.05) is 0 Å². The Bertz CT molecular complexity index is 608. The van der Waals surface area contributed by atoms with Gasteiger partial charge in [-0.2, -0.15) is 0 Å². The van der Waals surface area contributed by atoms with E-state index < -0.39 is 0 Å². The molecule has 3 rings (SSSR count). The third-order valence-corrected chi connectivity index (χ3v) is 3.05. The number of benzene rings is 1. The van der Waals surface area contributed by atoms with E-state index in [2.05, 4.69) is 11.1 Å². The first-order valence-corrected chi connectivity index (χ1v) is 5.63. The van der Waals surface area contributed by atoms with E-state index in [0.29, 0.717) is 5.76 Å². The first-order valence-electron chi connectivity index (χ1n) is 5.63. The molecule has 0 atom stereocenters. The molecule has 2 aliphatic rings. The topological polar surface area (TPSA) is 32.6 Å². The van der Waals surface area contributed by atoms with Crippen molar-refractivity contribution in [1.29, 1.82) is 0 Å². The zero-order valence-corrected chi connectivity index (χ0v) is 8.98. The molecule has 0 radical (unpaired) electrons. The molecular weight excluding hydrogens is 198 g/mol. The first kappa shape index (κ1) is 9.40. The largest absolute Gasteiger partial charge is 0.507 e. The average molecular weight is 211 g/mol. The second-order valence-electron chi connectivity index (χ2n) is 4.17. The van der Waals surface area contributed by atoms with E-state index in [1.54, 1.807) is 0 Å². The molecule has 1 aromatic rings. The number of nitrogens with zero attached hydrogens (tertiary/aromatic N) is 1. The van der Waals surface area contributed by atoms with E-state index in [4.69, 9.17) is 0 Å². The number of fused-ring (bicyclic) bond motifs is 2. The molecule has 0 spiro atoms. The van der Waals surface area contributed by atoms with Crippen LogP contribution in [0.25, 0.3) is 5.76 Å². The van der Waals surface area contributed by atoms with E-state index in [0.717, 1.165) is 41.1 Å². The van der Waals surface area contributed by atoms with Crippen LogP contribution >= 0.6 is 0 Å². The van der Waals surface area contributed by atoms with E-state index >= 15 is 0 Å². The Hall–Kier alpha value is -1.83. The molecule has 0 bridgehead atoms. The van der Waals surface area contributed by atoms with Gasteiger partial charge in [-0.1, -0.05) is 18.2 Å². The van der Waals surface area contributed by atoms with Crippen molar-refractivity contribution in [3.8, 4) is 0 Å². The molecule has 1 heterocycles. The molecular formula is C14H13NO. The molecule has 0 saturated carbocycles. The second kappa shape index (κ2) is 3.63. The number of hydrogen-bond donors (Lipinski definition) is 1. The number of aliphatic hydroxyl groups excluding tert-OH is 1. The fourth-order valence-corrected chi connectivity index (χ4v) is 2.21. The van der Waals surface area contributed by atoms with Gasteiger partial charge in [-0.05, 0) is 43.0 Å². The highest BCUT2D eigenvalue weighted by molar-refractivity contribution is 5.55. The van der Waals surface area contributed by atoms with Gasteiger partial charge < -0.3 is 5.11 Å². The predicted molar refractivity (Wildman–Crippen MR) is 63.3 cm³/mol. The maximum absolute atomic E-state index is 10.0. The Morgan fingerprint density at radius 2 is 2.06 bits per heavy atom. The van der Waals surface area contributed by atoms with E-state index in [9.17, 15) is 5.11 Å². The third kappa shape index (κ3) is 1.47. The summed E-state index contributed by atoms with van der Waals surface area (Å²) in [4.78, 5) is 4.62. The quantitative estimate of drug-likeness (QED) is 0.699. The summed E-state index contributed by atoms with van der Waals surface area (Å²) in [7, 11) is 0. The normalized spacial score (nSPS) is 18.6. The first-order chi connectivity index (χ1) is 7.84. The van der Waals surface area contributed by atoms with Crippen LogP contribution in [0.1, 0.15) is 19.3 Å². The molecule has 2 nitrogen and oxygen atoms in total. The van der Waals surface area contributed by atoms with E-state index in [-0.39, 0.29) is 0 Å². The molecule has 16 heavy (non-hydrogen) atoms. The van der Waals surface area contributed by atoms with E-state index in [1.807, 2.05) is 30.3 Å². The summed E-state index contributed by atoms with van der Waals surface area (Å²) < 4.78 is 0. The molecule has 0 amide bonds. The minimum atomic E-state index is 0.333. The summed E-state index contributed by atoms with van der Waals surface area (Å²) in [6, 6.07) is 7.72. The maximum atomic E-state index is 10.0. The van der Waals surface area contributed by atoms with Crippen LogP contribution in [0.15, 0.2) is 52.7 Å². The molecule has 1 N–H and O–H groups in total. The fourth-order valence-electron chi connectivity index (χ4n) is 2.21. The summed E-state index contributed by atoms with van der Waals surface area (Å²) in [5, 5.41) is 11.7. The van der Waals surface area contributed by atoms with Gasteiger partial charge in [-0.15, -0.1) is 0 Å². The van der Waals surface area contributed by atoms with Crippen molar-refractivity contribution in [3.63, 3.8) is 0 Å². The number of rotatable bonds is 0. The highest BCUT2D eigenvalue weighted by atomic mass is 16.3. The predicted octanol–water partition coefficient (Wildman–Crippen LogP) is 1.98. The Morgan fingerprint density at radius 1 is 1.19 bits per heavy atom. The summed E-state index contributed by atoms with van der Waals surface area (Å²) >= 11 is 0. The van der Waals surface area contributed by atoms with Crippen molar-refractivity contribution < 1.29 is 5.11 Å². The van der Waals surface area contributed by atoms with Crippen LogP contribution in [0.5, 0.6) is 0 Å². The number of allylic oxidation sites excluding steroid dienone is 2. The van der Waals surface area contributed by atoms with Crippen LogP contribution in [-0.4, -0.2) is 5.11 Å². The van der Waals surface area contributed by atoms with Crippen LogP contribution in [-0.2, 0) is 0 Å². The lowest BCUT2D eigenvalue weighted by atomic mass is 9.98. The summed E-state index contributed by atoms with van der Waals surface area (Å²) in [5.41, 5.74) is 2.18. The molecule has 1 aliphatic heterocycles. The van der Waals surface area contributed by atoms with Gasteiger partial charge in [0.2, 0.25) is 0 Å². The lowest BCUT2D eigenvalue weighted by Crippen LogP contribution is -2.25. The number of hydrogen-bond acceptors (Lipinski definition) is 2. The summed E-state index contributed by atoms with van der Waals surface area (Å²) in [6.07, 6.45) is 7.26. The molecule has 2 heteroatoms. The van der Waals surface area contributed by atoms with Gasteiger partial charge in [0, 0.05) is 5.22 Å². The van der Waals surface area contributed by atoms with Crippen molar-refractivity contribution >= 4 is 5.76 Å². The van der Waals surface area contributed by atoms with Gasteiger partial charge in [0.05, 0.1) is 11.1 Å². The van der Waals surface area contributed by atoms with Gasteiger partial charge >= 0.3 is 0 Å². The Labute approximate surface area is 94.0 Å². The smallest absolute Gasteiger partial charge is 0.125 e. The lowest BCUT2D eigenvalue weighted by molar-refractivity contribution is 0.510. The van der Waals surface area contributed by atoms with Gasteiger partial charge in [0.25, 0.3) is 0 Å². The van der Waals surface area contributed by atoms with E-state index in [1.165, 1.54) is 0 Å². The average Bonchev–Trinajstić information content (AvgIpc) is 2.45. The molecule has 0 fully saturated rings. The highest BCUT2D eigenvalue weighted by Crippen LogP contribution is 2.25. The maximum Gasteiger partial charge on any atom is 0.125 e. The van der Waals surface area contributed by atoms with Crippen LogP contribution < -0.4 is 10.6 Å². The Morgan fingerprint density at radius 3 is 3.00 bits per heavy atom. The zero-order valence-electron chi connectivity index (χ0n) is 8.98. The molecule has 0 unspecified atom stereocenters. The number of para-hydroxylation sites is 1. The summed E-state index contributed by atoms with van der Waals surface area (Å²) in [5.74, 6) is 0.333. The molecule has 0 saturated heterocycles. The monoisotopic (exact) mass is 211 g/mol. The summed E-state index contributed by atoms with van der Waals surface area (Å²) in [6.45, 7) is 0. The zero-order chi connectivity index (χ0) is 11.0. The van der Waals surface area contributed by atoms with Crippen LogP contribution in [0.3, 0.4) is 0 Å². The lowest BCUT2D eigenvalue weighted by Gasteiger charge is -2.11. The minimum Gasteiger partial charge on any atom is -0.507 e. The van der Waals surface area contributed by atoms with Gasteiger partial charge in [-0.25, -0.2) is 4.99 Å². The minimum absolute atomic E-state index is 0.333. The standard InChI is InChI=1S/C14H13NO/c16-14-9-10-5-1-3-7-12(10)15-13-8-4-2-6-11(13)14/h2,4,6-9,16H,1,3,5H2. The van der Waals surface area contributed by atoms with Gasteiger partial charge in [0.1, 0.15) is 5.76 Å². The van der Waals surface area contributed by atoms with Crippen molar-refractivity contribution in [1.82, 2.24) is 0 Å². The van der Waals surface area contributed by atoms with Gasteiger partial charge in [-0.3, -0.25) is 0 Å². The SMILES string of the molecule is OC1=c2ccccc2=NC2=CCCCC2=C1. The van der Waals surface area contributed by atoms with Gasteiger partial charge in [0.15, 0.2) is 0 Å². The number of aliphatic hydroxyl groups is 1. The van der Waals surface area contributed by atoms with Crippen molar-refractivity contribution in [2.45, 2.75) is 19.3 Å². The molecule has 1 aliphatic carbocycles. The fraction of sp³-hybridized carbons (Fsp3) is 0.214. The van der Waals surface area contributed by atoms with Crippen molar-refractivity contribution in [2.24, 2.45) is 4.99 Å². The van der Waals surface area contributed by atoms with Crippen LogP contribution in [0.4, 0.5) is 0 Å². The highest BCUT2D eigenvalue weighted by Gasteiger charge is 2.12. The Kier molecular flexibility index (Phi) is 2.13. The van der Waals surface area contributed by atoms with Crippen molar-refractivity contribution in [3.05, 3.63) is 58.3 Å². The second-order valence-corrected chi connectivity index (χ2v) is 4.17. The Balaban J connectivity index is 2.36.